The van der Waals surface area contributed by atoms with Gasteiger partial charge >= 0.3 is 6.03 Å². The summed E-state index contributed by atoms with van der Waals surface area (Å²) in [6.45, 7) is 4.15. The Morgan fingerprint density at radius 3 is 2.65 bits per heavy atom. The van der Waals surface area contributed by atoms with Crippen molar-refractivity contribution in [2.24, 2.45) is 5.92 Å². The Hall–Kier alpha value is -0.730. The molecule has 17 heavy (non-hydrogen) atoms. The Kier molecular flexibility index (Phi) is 4.69. The lowest BCUT2D eigenvalue weighted by molar-refractivity contribution is 0.158. The predicted octanol–water partition coefficient (Wildman–Crippen LogP) is 3.15. The molecule has 0 spiro atoms. The molecule has 1 aliphatic carbocycles. The second-order valence-electron chi connectivity index (χ2n) is 5.65. The number of piperidine rings is 1. The first-order valence-electron chi connectivity index (χ1n) is 7.35. The van der Waals surface area contributed by atoms with Gasteiger partial charge in [-0.05, 0) is 31.6 Å². The molecule has 1 unspecified atom stereocenters. The minimum atomic E-state index is 0.190. The zero-order valence-corrected chi connectivity index (χ0v) is 11.1. The van der Waals surface area contributed by atoms with E-state index in [1.54, 1.807) is 0 Å². The van der Waals surface area contributed by atoms with E-state index in [1.165, 1.54) is 51.4 Å². The van der Waals surface area contributed by atoms with E-state index in [0.29, 0.717) is 6.04 Å². The zero-order valence-electron chi connectivity index (χ0n) is 11.1. The third kappa shape index (κ3) is 3.62. The van der Waals surface area contributed by atoms with Gasteiger partial charge in [0.2, 0.25) is 0 Å². The highest BCUT2D eigenvalue weighted by atomic mass is 16.2. The standard InChI is InChI=1S/C14H26N2O/c1-2-12-7-6-10-16(11-12)14(17)15-13-8-4-3-5-9-13/h12-13H,2-11H2,1H3,(H,15,17). The molecule has 1 atom stereocenters. The van der Waals surface area contributed by atoms with Crippen molar-refractivity contribution in [1.82, 2.24) is 10.2 Å². The van der Waals surface area contributed by atoms with E-state index < -0.39 is 0 Å². The fraction of sp³-hybridized carbons (Fsp3) is 0.929. The quantitative estimate of drug-likeness (QED) is 0.787. The lowest BCUT2D eigenvalue weighted by Crippen LogP contribution is -2.49. The third-order valence-electron chi connectivity index (χ3n) is 4.32. The Bertz CT molecular complexity index is 249. The van der Waals surface area contributed by atoms with Crippen molar-refractivity contribution in [3.63, 3.8) is 0 Å². The topological polar surface area (TPSA) is 32.3 Å². The first kappa shape index (κ1) is 12.7. The lowest BCUT2D eigenvalue weighted by atomic mass is 9.95. The van der Waals surface area contributed by atoms with Crippen LogP contribution in [0.3, 0.4) is 0 Å². The SMILES string of the molecule is CCC1CCCN(C(=O)NC2CCCCC2)C1. The summed E-state index contributed by atoms with van der Waals surface area (Å²) in [5, 5.41) is 3.22. The van der Waals surface area contributed by atoms with E-state index in [4.69, 9.17) is 0 Å². The zero-order chi connectivity index (χ0) is 12.1. The van der Waals surface area contributed by atoms with Crippen LogP contribution < -0.4 is 5.32 Å². The van der Waals surface area contributed by atoms with Crippen LogP contribution in [0.4, 0.5) is 4.79 Å². The Morgan fingerprint density at radius 1 is 1.18 bits per heavy atom. The highest BCUT2D eigenvalue weighted by Gasteiger charge is 2.24. The molecule has 3 nitrogen and oxygen atoms in total. The number of hydrogen-bond donors (Lipinski definition) is 1. The van der Waals surface area contributed by atoms with E-state index in [-0.39, 0.29) is 6.03 Å². The molecule has 1 aliphatic heterocycles. The van der Waals surface area contributed by atoms with Crippen molar-refractivity contribution in [2.45, 2.75) is 64.3 Å². The van der Waals surface area contributed by atoms with E-state index in [2.05, 4.69) is 12.2 Å². The van der Waals surface area contributed by atoms with Crippen LogP contribution >= 0.6 is 0 Å². The molecule has 1 saturated heterocycles. The van der Waals surface area contributed by atoms with Crippen molar-refractivity contribution in [2.75, 3.05) is 13.1 Å². The van der Waals surface area contributed by atoms with Gasteiger partial charge in [0.25, 0.3) is 0 Å². The molecule has 2 aliphatic rings. The van der Waals surface area contributed by atoms with Crippen LogP contribution in [-0.2, 0) is 0 Å². The molecular formula is C14H26N2O. The largest absolute Gasteiger partial charge is 0.335 e. The van der Waals surface area contributed by atoms with Crippen LogP contribution in [0.25, 0.3) is 0 Å². The summed E-state index contributed by atoms with van der Waals surface area (Å²) in [4.78, 5) is 14.2. The average Bonchev–Trinajstić information content (AvgIpc) is 2.40. The Morgan fingerprint density at radius 2 is 1.94 bits per heavy atom. The number of likely N-dealkylation sites (tertiary alicyclic amines) is 1. The summed E-state index contributed by atoms with van der Waals surface area (Å²) in [7, 11) is 0. The molecular weight excluding hydrogens is 212 g/mol. The second kappa shape index (κ2) is 6.27. The van der Waals surface area contributed by atoms with Gasteiger partial charge < -0.3 is 10.2 Å². The van der Waals surface area contributed by atoms with E-state index in [0.717, 1.165) is 19.0 Å². The van der Waals surface area contributed by atoms with Crippen molar-refractivity contribution in [3.8, 4) is 0 Å². The van der Waals surface area contributed by atoms with Crippen LogP contribution in [0.5, 0.6) is 0 Å². The number of carbonyl (C=O) groups excluding carboxylic acids is 1. The van der Waals surface area contributed by atoms with E-state index >= 15 is 0 Å². The molecule has 2 amide bonds. The van der Waals surface area contributed by atoms with Gasteiger partial charge in [0.15, 0.2) is 0 Å². The van der Waals surface area contributed by atoms with Crippen molar-refractivity contribution >= 4 is 6.03 Å². The third-order valence-corrected chi connectivity index (χ3v) is 4.32. The van der Waals surface area contributed by atoms with Crippen LogP contribution in [-0.4, -0.2) is 30.1 Å². The number of hydrogen-bond acceptors (Lipinski definition) is 1. The summed E-state index contributed by atoms with van der Waals surface area (Å²) < 4.78 is 0. The van der Waals surface area contributed by atoms with Crippen LogP contribution in [0.1, 0.15) is 58.3 Å². The molecule has 2 rings (SSSR count). The van der Waals surface area contributed by atoms with Crippen LogP contribution in [0.2, 0.25) is 0 Å². The molecule has 0 aromatic heterocycles. The second-order valence-corrected chi connectivity index (χ2v) is 5.65. The minimum Gasteiger partial charge on any atom is -0.335 e. The van der Waals surface area contributed by atoms with Gasteiger partial charge in [-0.3, -0.25) is 0 Å². The normalized spacial score (nSPS) is 26.9. The molecule has 3 heteroatoms. The number of nitrogens with zero attached hydrogens (tertiary/aromatic N) is 1. The number of amides is 2. The van der Waals surface area contributed by atoms with Gasteiger partial charge in [0.05, 0.1) is 0 Å². The lowest BCUT2D eigenvalue weighted by Gasteiger charge is -2.34. The van der Waals surface area contributed by atoms with Crippen molar-refractivity contribution < 1.29 is 4.79 Å². The Balaban J connectivity index is 1.78. The van der Waals surface area contributed by atoms with Crippen molar-refractivity contribution in [1.29, 1.82) is 0 Å². The van der Waals surface area contributed by atoms with Gasteiger partial charge in [-0.25, -0.2) is 4.79 Å². The summed E-state index contributed by atoms with van der Waals surface area (Å²) in [6, 6.07) is 0.633. The maximum absolute atomic E-state index is 12.1. The number of nitrogens with one attached hydrogen (secondary N) is 1. The monoisotopic (exact) mass is 238 g/mol. The molecule has 0 radical (unpaired) electrons. The molecule has 0 bridgehead atoms. The number of urea groups is 1. The highest BCUT2D eigenvalue weighted by molar-refractivity contribution is 5.74. The maximum atomic E-state index is 12.1. The minimum absolute atomic E-state index is 0.190. The van der Waals surface area contributed by atoms with Crippen molar-refractivity contribution in [3.05, 3.63) is 0 Å². The number of rotatable bonds is 2. The fourth-order valence-corrected chi connectivity index (χ4v) is 3.10. The summed E-state index contributed by atoms with van der Waals surface area (Å²) >= 11 is 0. The smallest absolute Gasteiger partial charge is 0.317 e. The van der Waals surface area contributed by atoms with Crippen LogP contribution in [0.15, 0.2) is 0 Å². The summed E-state index contributed by atoms with van der Waals surface area (Å²) in [6.07, 6.45) is 9.93. The van der Waals surface area contributed by atoms with Gasteiger partial charge in [-0.15, -0.1) is 0 Å². The van der Waals surface area contributed by atoms with E-state index in [1.807, 2.05) is 4.90 Å². The molecule has 1 N–H and O–H groups in total. The molecule has 2 fully saturated rings. The molecule has 98 valence electrons. The van der Waals surface area contributed by atoms with Crippen LogP contribution in [0, 0.1) is 5.92 Å². The summed E-state index contributed by atoms with van der Waals surface area (Å²) in [5.41, 5.74) is 0. The average molecular weight is 238 g/mol. The Labute approximate surface area is 105 Å². The molecule has 0 aromatic carbocycles. The van der Waals surface area contributed by atoms with Gasteiger partial charge in [-0.2, -0.15) is 0 Å². The predicted molar refractivity (Wildman–Crippen MR) is 70.0 cm³/mol. The maximum Gasteiger partial charge on any atom is 0.317 e. The van der Waals surface area contributed by atoms with E-state index in [9.17, 15) is 4.79 Å². The van der Waals surface area contributed by atoms with Gasteiger partial charge in [0.1, 0.15) is 0 Å². The molecule has 0 aromatic rings. The highest BCUT2D eigenvalue weighted by Crippen LogP contribution is 2.21. The summed E-state index contributed by atoms with van der Waals surface area (Å²) in [5.74, 6) is 0.723. The fourth-order valence-electron chi connectivity index (χ4n) is 3.10. The molecule has 1 heterocycles. The van der Waals surface area contributed by atoms with Gasteiger partial charge in [0, 0.05) is 19.1 Å². The first-order valence-corrected chi connectivity index (χ1v) is 7.35. The molecule has 1 saturated carbocycles. The first-order chi connectivity index (χ1) is 8.29. The number of carbonyl (C=O) groups is 1. The van der Waals surface area contributed by atoms with Gasteiger partial charge in [-0.1, -0.05) is 32.6 Å².